The molecule has 108 valence electrons. The van der Waals surface area contributed by atoms with Crippen molar-refractivity contribution in [3.05, 3.63) is 34.3 Å². The maximum atomic E-state index is 8.81. The fourth-order valence-electron chi connectivity index (χ4n) is 2.68. The van der Waals surface area contributed by atoms with Crippen LogP contribution >= 0.6 is 11.6 Å². The molecule has 0 spiro atoms. The zero-order valence-corrected chi connectivity index (χ0v) is 12.8. The third-order valence-corrected chi connectivity index (χ3v) is 4.11. The highest BCUT2D eigenvalue weighted by atomic mass is 35.5. The van der Waals surface area contributed by atoms with E-state index < -0.39 is 0 Å². The lowest BCUT2D eigenvalue weighted by atomic mass is 10.1. The van der Waals surface area contributed by atoms with Crippen molar-refractivity contribution < 1.29 is 0 Å². The van der Waals surface area contributed by atoms with Gasteiger partial charge in [0.25, 0.3) is 0 Å². The van der Waals surface area contributed by atoms with E-state index in [1.54, 1.807) is 6.07 Å². The fourth-order valence-corrected chi connectivity index (χ4v) is 2.93. The fraction of sp³-hybridized carbons (Fsp3) is 0.562. The summed E-state index contributed by atoms with van der Waals surface area (Å²) in [4.78, 5) is 2.54. The monoisotopic (exact) mass is 291 g/mol. The Hall–Kier alpha value is -1.08. The summed E-state index contributed by atoms with van der Waals surface area (Å²) >= 11 is 6.16. The molecule has 1 heterocycles. The van der Waals surface area contributed by atoms with E-state index in [0.29, 0.717) is 16.5 Å². The Labute approximate surface area is 126 Å². The molecule has 4 heteroatoms. The van der Waals surface area contributed by atoms with Crippen molar-refractivity contribution in [2.75, 3.05) is 26.2 Å². The van der Waals surface area contributed by atoms with Gasteiger partial charge in [-0.3, -0.25) is 0 Å². The molecule has 0 aliphatic carbocycles. The Bertz CT molecular complexity index is 475. The van der Waals surface area contributed by atoms with E-state index in [1.807, 2.05) is 12.1 Å². The van der Waals surface area contributed by atoms with Gasteiger partial charge in [0.05, 0.1) is 11.6 Å². The third kappa shape index (κ3) is 4.49. The van der Waals surface area contributed by atoms with E-state index in [9.17, 15) is 0 Å². The van der Waals surface area contributed by atoms with Crippen molar-refractivity contribution in [1.29, 1.82) is 5.26 Å². The lowest BCUT2D eigenvalue weighted by molar-refractivity contribution is 0.282. The van der Waals surface area contributed by atoms with Crippen LogP contribution in [-0.2, 0) is 6.54 Å². The van der Waals surface area contributed by atoms with Crippen LogP contribution in [0.1, 0.15) is 30.9 Å². The first-order chi connectivity index (χ1) is 9.69. The van der Waals surface area contributed by atoms with Gasteiger partial charge in [-0.1, -0.05) is 24.6 Å². The van der Waals surface area contributed by atoms with E-state index >= 15 is 0 Å². The van der Waals surface area contributed by atoms with Crippen molar-refractivity contribution in [2.45, 2.75) is 26.3 Å². The number of nitrogens with one attached hydrogen (secondary N) is 1. The average molecular weight is 292 g/mol. The lowest BCUT2D eigenvalue weighted by Gasteiger charge is -2.20. The smallest absolute Gasteiger partial charge is 0.0992 e. The summed E-state index contributed by atoms with van der Waals surface area (Å²) in [5, 5.41) is 12.9. The van der Waals surface area contributed by atoms with Crippen LogP contribution in [-0.4, -0.2) is 31.1 Å². The number of benzene rings is 1. The van der Waals surface area contributed by atoms with Crippen LogP contribution in [0.25, 0.3) is 0 Å². The SMILES string of the molecule is CC(CNCc1ccc(C#N)cc1Cl)CN1CCCC1. The van der Waals surface area contributed by atoms with Gasteiger partial charge in [0.1, 0.15) is 0 Å². The number of nitrogens with zero attached hydrogens (tertiary/aromatic N) is 2. The van der Waals surface area contributed by atoms with Gasteiger partial charge in [0.15, 0.2) is 0 Å². The summed E-state index contributed by atoms with van der Waals surface area (Å²) in [5.41, 5.74) is 1.67. The maximum absolute atomic E-state index is 8.81. The number of hydrogen-bond acceptors (Lipinski definition) is 3. The molecular weight excluding hydrogens is 270 g/mol. The predicted molar refractivity (Wildman–Crippen MR) is 82.7 cm³/mol. The van der Waals surface area contributed by atoms with E-state index in [4.69, 9.17) is 16.9 Å². The Morgan fingerprint density at radius 2 is 2.15 bits per heavy atom. The van der Waals surface area contributed by atoms with Crippen LogP contribution in [0.4, 0.5) is 0 Å². The predicted octanol–water partition coefficient (Wildman–Crippen LogP) is 3.03. The molecule has 0 saturated carbocycles. The molecule has 1 unspecified atom stereocenters. The quantitative estimate of drug-likeness (QED) is 0.876. The minimum Gasteiger partial charge on any atom is -0.312 e. The van der Waals surface area contributed by atoms with Crippen LogP contribution in [0.15, 0.2) is 18.2 Å². The Kier molecular flexibility index (Phi) is 5.85. The van der Waals surface area contributed by atoms with E-state index in [-0.39, 0.29) is 0 Å². The van der Waals surface area contributed by atoms with E-state index in [2.05, 4.69) is 23.2 Å². The molecule has 1 atom stereocenters. The molecule has 1 aromatic rings. The topological polar surface area (TPSA) is 39.1 Å². The summed E-state index contributed by atoms with van der Waals surface area (Å²) in [5.74, 6) is 0.644. The lowest BCUT2D eigenvalue weighted by Crippen LogP contribution is -2.31. The van der Waals surface area contributed by atoms with Gasteiger partial charge in [-0.25, -0.2) is 0 Å². The molecule has 0 bridgehead atoms. The molecule has 3 nitrogen and oxygen atoms in total. The first-order valence-electron chi connectivity index (χ1n) is 7.30. The molecule has 0 aromatic heterocycles. The molecule has 0 radical (unpaired) electrons. The number of hydrogen-bond donors (Lipinski definition) is 1. The molecule has 2 rings (SSSR count). The van der Waals surface area contributed by atoms with Gasteiger partial charge in [-0.05, 0) is 56.1 Å². The molecule has 1 N–H and O–H groups in total. The van der Waals surface area contributed by atoms with Crippen molar-refractivity contribution in [3.63, 3.8) is 0 Å². The van der Waals surface area contributed by atoms with Crippen LogP contribution in [0.2, 0.25) is 5.02 Å². The van der Waals surface area contributed by atoms with Crippen molar-refractivity contribution >= 4 is 11.6 Å². The minimum absolute atomic E-state index is 0.612. The summed E-state index contributed by atoms with van der Waals surface area (Å²) < 4.78 is 0. The first-order valence-corrected chi connectivity index (χ1v) is 7.68. The molecule has 1 saturated heterocycles. The summed E-state index contributed by atoms with van der Waals surface area (Å²) in [7, 11) is 0. The highest BCUT2D eigenvalue weighted by Crippen LogP contribution is 2.17. The minimum atomic E-state index is 0.612. The van der Waals surface area contributed by atoms with E-state index in [1.165, 1.54) is 32.5 Å². The Morgan fingerprint density at radius 1 is 1.40 bits per heavy atom. The Morgan fingerprint density at radius 3 is 2.80 bits per heavy atom. The zero-order valence-electron chi connectivity index (χ0n) is 12.0. The number of rotatable bonds is 6. The largest absolute Gasteiger partial charge is 0.312 e. The average Bonchev–Trinajstić information content (AvgIpc) is 2.93. The van der Waals surface area contributed by atoms with Crippen LogP contribution in [0, 0.1) is 17.2 Å². The maximum Gasteiger partial charge on any atom is 0.0992 e. The second-order valence-electron chi connectivity index (χ2n) is 5.66. The van der Waals surface area contributed by atoms with E-state index in [0.717, 1.165) is 18.7 Å². The second kappa shape index (κ2) is 7.64. The van der Waals surface area contributed by atoms with Gasteiger partial charge in [0.2, 0.25) is 0 Å². The van der Waals surface area contributed by atoms with Gasteiger partial charge < -0.3 is 10.2 Å². The third-order valence-electron chi connectivity index (χ3n) is 3.76. The number of nitriles is 1. The molecule has 20 heavy (non-hydrogen) atoms. The standard InChI is InChI=1S/C16H22ClN3/c1-13(12-20-6-2-3-7-20)10-19-11-15-5-4-14(9-18)8-16(15)17/h4-5,8,13,19H,2-3,6-7,10-12H2,1H3. The highest BCUT2D eigenvalue weighted by Gasteiger charge is 2.14. The zero-order chi connectivity index (χ0) is 14.4. The summed E-state index contributed by atoms with van der Waals surface area (Å²) in [6, 6.07) is 7.57. The summed E-state index contributed by atoms with van der Waals surface area (Å²) in [6.45, 7) is 7.72. The van der Waals surface area contributed by atoms with Gasteiger partial charge in [-0.15, -0.1) is 0 Å². The van der Waals surface area contributed by atoms with Crippen LogP contribution in [0.5, 0.6) is 0 Å². The molecular formula is C16H22ClN3. The molecule has 1 aliphatic rings. The molecule has 1 aliphatic heterocycles. The Balaban J connectivity index is 1.73. The van der Waals surface area contributed by atoms with Crippen molar-refractivity contribution in [1.82, 2.24) is 10.2 Å². The van der Waals surface area contributed by atoms with Crippen molar-refractivity contribution in [3.8, 4) is 6.07 Å². The first kappa shape index (κ1) is 15.3. The van der Waals surface area contributed by atoms with Gasteiger partial charge in [-0.2, -0.15) is 5.26 Å². The van der Waals surface area contributed by atoms with Gasteiger partial charge >= 0.3 is 0 Å². The normalized spacial score (nSPS) is 17.1. The number of halogens is 1. The second-order valence-corrected chi connectivity index (χ2v) is 6.07. The van der Waals surface area contributed by atoms with Crippen molar-refractivity contribution in [2.24, 2.45) is 5.92 Å². The van der Waals surface area contributed by atoms with Crippen LogP contribution in [0.3, 0.4) is 0 Å². The van der Waals surface area contributed by atoms with Crippen LogP contribution < -0.4 is 5.32 Å². The molecule has 0 amide bonds. The molecule has 1 fully saturated rings. The molecule has 1 aromatic carbocycles. The number of likely N-dealkylation sites (tertiary alicyclic amines) is 1. The van der Waals surface area contributed by atoms with Gasteiger partial charge in [0, 0.05) is 18.1 Å². The summed E-state index contributed by atoms with van der Waals surface area (Å²) in [6.07, 6.45) is 2.70. The highest BCUT2D eigenvalue weighted by molar-refractivity contribution is 6.31.